The van der Waals surface area contributed by atoms with Crippen LogP contribution in [0, 0.1) is 0 Å². The summed E-state index contributed by atoms with van der Waals surface area (Å²) in [6, 6.07) is 17.1. The number of carbonyl (C=O) groups is 1. The van der Waals surface area contributed by atoms with E-state index >= 15 is 0 Å². The van der Waals surface area contributed by atoms with E-state index in [0.717, 1.165) is 5.56 Å². The van der Waals surface area contributed by atoms with E-state index in [9.17, 15) is 4.79 Å². The minimum Gasteiger partial charge on any atom is -0.328 e. The average molecular weight is 403 g/mol. The van der Waals surface area contributed by atoms with E-state index in [2.05, 4.69) is 25.9 Å². The normalized spacial score (nSPS) is 11.5. The number of halogens is 2. The molecule has 0 fully saturated rings. The van der Waals surface area contributed by atoms with Crippen molar-refractivity contribution in [1.29, 1.82) is 0 Å². The molecule has 3 rings (SSSR count). The number of hydrogen-bond acceptors (Lipinski definition) is 2. The SMILES string of the molecule is O=C(N=c1ccccn1Cc1ccccc1)c1cc(Br)cnc1Cl. The van der Waals surface area contributed by atoms with Crippen molar-refractivity contribution in [2.45, 2.75) is 6.54 Å². The number of amides is 1. The topological polar surface area (TPSA) is 47.2 Å². The summed E-state index contributed by atoms with van der Waals surface area (Å²) in [7, 11) is 0. The molecule has 0 aliphatic heterocycles. The molecule has 0 aliphatic rings. The lowest BCUT2D eigenvalue weighted by atomic mass is 10.2. The Morgan fingerprint density at radius 3 is 2.71 bits per heavy atom. The first kappa shape index (κ1) is 16.6. The summed E-state index contributed by atoms with van der Waals surface area (Å²) in [6.07, 6.45) is 3.43. The van der Waals surface area contributed by atoms with Crippen LogP contribution in [0.1, 0.15) is 15.9 Å². The van der Waals surface area contributed by atoms with E-state index in [1.54, 1.807) is 12.1 Å². The molecule has 0 aliphatic carbocycles. The molecule has 24 heavy (non-hydrogen) atoms. The zero-order chi connectivity index (χ0) is 16.9. The smallest absolute Gasteiger partial charge is 0.282 e. The van der Waals surface area contributed by atoms with Gasteiger partial charge >= 0.3 is 0 Å². The average Bonchev–Trinajstić information content (AvgIpc) is 2.59. The lowest BCUT2D eigenvalue weighted by Crippen LogP contribution is -2.22. The number of carbonyl (C=O) groups excluding carboxylic acids is 1. The minimum atomic E-state index is -0.429. The van der Waals surface area contributed by atoms with Crippen LogP contribution >= 0.6 is 27.5 Å². The highest BCUT2D eigenvalue weighted by molar-refractivity contribution is 9.10. The fraction of sp³-hybridized carbons (Fsp3) is 0.0556. The Bertz CT molecular complexity index is 938. The third-order valence-electron chi connectivity index (χ3n) is 3.36. The van der Waals surface area contributed by atoms with Gasteiger partial charge in [0.2, 0.25) is 0 Å². The number of hydrogen-bond donors (Lipinski definition) is 0. The van der Waals surface area contributed by atoms with Crippen LogP contribution in [0.4, 0.5) is 0 Å². The molecule has 0 radical (unpaired) electrons. The number of aromatic nitrogens is 2. The summed E-state index contributed by atoms with van der Waals surface area (Å²) in [5.41, 5.74) is 1.95. The zero-order valence-corrected chi connectivity index (χ0v) is 14.9. The molecule has 120 valence electrons. The Hall–Kier alpha value is -2.24. The van der Waals surface area contributed by atoms with Gasteiger partial charge in [0.25, 0.3) is 5.91 Å². The molecule has 0 bridgehead atoms. The largest absolute Gasteiger partial charge is 0.328 e. The molecule has 0 unspecified atom stereocenters. The molecule has 2 aromatic heterocycles. The van der Waals surface area contributed by atoms with Crippen molar-refractivity contribution in [3.8, 4) is 0 Å². The summed E-state index contributed by atoms with van der Waals surface area (Å²) in [6.45, 7) is 0.623. The van der Waals surface area contributed by atoms with Crippen molar-refractivity contribution in [3.05, 3.63) is 93.2 Å². The molecule has 0 N–H and O–H groups in total. The molecule has 0 atom stereocenters. The Balaban J connectivity index is 1.98. The van der Waals surface area contributed by atoms with Crippen molar-refractivity contribution in [2.75, 3.05) is 0 Å². The van der Waals surface area contributed by atoms with E-state index in [0.29, 0.717) is 16.5 Å². The van der Waals surface area contributed by atoms with Crippen LogP contribution in [0.15, 0.2) is 76.5 Å². The summed E-state index contributed by atoms with van der Waals surface area (Å²) in [4.78, 5) is 20.6. The van der Waals surface area contributed by atoms with E-state index in [1.807, 2.05) is 53.2 Å². The molecular formula is C18H13BrClN3O. The van der Waals surface area contributed by atoms with Gasteiger partial charge in [0.1, 0.15) is 10.6 Å². The second-order valence-corrected chi connectivity index (χ2v) is 6.35. The molecular weight excluding hydrogens is 390 g/mol. The third kappa shape index (κ3) is 3.99. The van der Waals surface area contributed by atoms with Gasteiger partial charge in [-0.25, -0.2) is 4.98 Å². The highest BCUT2D eigenvalue weighted by Gasteiger charge is 2.11. The molecule has 4 nitrogen and oxygen atoms in total. The highest BCUT2D eigenvalue weighted by Crippen LogP contribution is 2.18. The van der Waals surface area contributed by atoms with Crippen LogP contribution in [0.2, 0.25) is 5.15 Å². The third-order valence-corrected chi connectivity index (χ3v) is 4.10. The number of rotatable bonds is 3. The molecule has 0 saturated heterocycles. The van der Waals surface area contributed by atoms with Gasteiger partial charge in [0, 0.05) is 23.4 Å². The van der Waals surface area contributed by atoms with Crippen LogP contribution in [0.5, 0.6) is 0 Å². The molecule has 0 spiro atoms. The van der Waals surface area contributed by atoms with Crippen molar-refractivity contribution < 1.29 is 4.79 Å². The lowest BCUT2D eigenvalue weighted by Gasteiger charge is -2.07. The summed E-state index contributed by atoms with van der Waals surface area (Å²) in [5, 5.41) is 0.137. The number of nitrogens with zero attached hydrogens (tertiary/aromatic N) is 3. The maximum atomic E-state index is 12.5. The van der Waals surface area contributed by atoms with Crippen LogP contribution in [0.3, 0.4) is 0 Å². The Kier molecular flexibility index (Phi) is 5.23. The van der Waals surface area contributed by atoms with Gasteiger partial charge in [-0.1, -0.05) is 48.0 Å². The minimum absolute atomic E-state index is 0.137. The lowest BCUT2D eigenvalue weighted by molar-refractivity contribution is 0.0997. The fourth-order valence-corrected chi connectivity index (χ4v) is 2.73. The van der Waals surface area contributed by atoms with Crippen molar-refractivity contribution in [1.82, 2.24) is 9.55 Å². The summed E-state index contributed by atoms with van der Waals surface area (Å²) < 4.78 is 2.59. The maximum absolute atomic E-state index is 12.5. The predicted octanol–water partition coefficient (Wildman–Crippen LogP) is 4.09. The van der Waals surface area contributed by atoms with Gasteiger partial charge in [-0.3, -0.25) is 4.79 Å². The molecule has 6 heteroatoms. The van der Waals surface area contributed by atoms with Gasteiger partial charge in [0.05, 0.1) is 5.56 Å². The quantitative estimate of drug-likeness (QED) is 0.620. The molecule has 0 saturated carbocycles. The second-order valence-electron chi connectivity index (χ2n) is 5.08. The first-order valence-electron chi connectivity index (χ1n) is 7.23. The van der Waals surface area contributed by atoms with E-state index in [-0.39, 0.29) is 10.7 Å². The molecule has 1 aromatic carbocycles. The van der Waals surface area contributed by atoms with Gasteiger partial charge in [-0.15, -0.1) is 0 Å². The first-order valence-corrected chi connectivity index (χ1v) is 8.40. The number of benzene rings is 1. The van der Waals surface area contributed by atoms with Gasteiger partial charge in [-0.2, -0.15) is 4.99 Å². The second kappa shape index (κ2) is 7.55. The number of pyridine rings is 2. The monoisotopic (exact) mass is 401 g/mol. The highest BCUT2D eigenvalue weighted by atomic mass is 79.9. The van der Waals surface area contributed by atoms with Crippen LogP contribution in [0.25, 0.3) is 0 Å². The van der Waals surface area contributed by atoms with Crippen LogP contribution < -0.4 is 5.49 Å². The zero-order valence-electron chi connectivity index (χ0n) is 12.6. The van der Waals surface area contributed by atoms with Crippen LogP contribution in [-0.2, 0) is 6.54 Å². The van der Waals surface area contributed by atoms with Gasteiger partial charge < -0.3 is 4.57 Å². The van der Waals surface area contributed by atoms with Crippen LogP contribution in [-0.4, -0.2) is 15.5 Å². The summed E-state index contributed by atoms with van der Waals surface area (Å²) >= 11 is 9.30. The van der Waals surface area contributed by atoms with Gasteiger partial charge in [0.15, 0.2) is 0 Å². The Labute approximate surface area is 152 Å². The summed E-state index contributed by atoms with van der Waals surface area (Å²) in [5.74, 6) is -0.429. The van der Waals surface area contributed by atoms with Crippen molar-refractivity contribution in [3.63, 3.8) is 0 Å². The van der Waals surface area contributed by atoms with E-state index in [4.69, 9.17) is 11.6 Å². The van der Waals surface area contributed by atoms with Crippen molar-refractivity contribution >= 4 is 33.4 Å². The van der Waals surface area contributed by atoms with Crippen molar-refractivity contribution in [2.24, 2.45) is 4.99 Å². The fourth-order valence-electron chi connectivity index (χ4n) is 2.22. The van der Waals surface area contributed by atoms with Gasteiger partial charge in [-0.05, 0) is 39.7 Å². The molecule has 1 amide bonds. The standard InChI is InChI=1S/C18H13BrClN3O/c19-14-10-15(17(20)21-11-14)18(24)22-16-8-4-5-9-23(16)12-13-6-2-1-3-7-13/h1-11H,12H2. The molecule has 3 aromatic rings. The molecule has 2 heterocycles. The predicted molar refractivity (Wildman–Crippen MR) is 96.8 cm³/mol. The Morgan fingerprint density at radius 1 is 1.17 bits per heavy atom. The Morgan fingerprint density at radius 2 is 1.92 bits per heavy atom. The van der Waals surface area contributed by atoms with E-state index < -0.39 is 5.91 Å². The van der Waals surface area contributed by atoms with E-state index in [1.165, 1.54) is 6.20 Å². The maximum Gasteiger partial charge on any atom is 0.282 e. The first-order chi connectivity index (χ1) is 11.6.